The van der Waals surface area contributed by atoms with Crippen LogP contribution in [0.2, 0.25) is 0 Å². The zero-order chi connectivity index (χ0) is 26.8. The highest BCUT2D eigenvalue weighted by Crippen LogP contribution is 2.30. The third kappa shape index (κ3) is 14.9. The van der Waals surface area contributed by atoms with E-state index in [4.69, 9.17) is 25.1 Å². The minimum Gasteiger partial charge on any atom is -0.493 e. The molecule has 0 bridgehead atoms. The van der Waals surface area contributed by atoms with E-state index >= 15 is 0 Å². The Morgan fingerprint density at radius 3 is 2.26 bits per heavy atom. The minimum absolute atomic E-state index is 0.0451. The average molecular weight is 499 g/mol. The lowest BCUT2D eigenvalue weighted by molar-refractivity contribution is -0.149. The number of carbonyl (C=O) groups is 3. The van der Waals surface area contributed by atoms with E-state index in [2.05, 4.69) is 9.72 Å². The Morgan fingerprint density at radius 2 is 1.80 bits per heavy atom. The molecule has 1 fully saturated rings. The molecule has 35 heavy (non-hydrogen) atoms. The normalized spacial score (nSPS) is 13.5. The number of carbonyl (C=O) groups excluding carboxylic acids is 3. The Bertz CT molecular complexity index is 764. The summed E-state index contributed by atoms with van der Waals surface area (Å²) in [6, 6.07) is 1.50. The summed E-state index contributed by atoms with van der Waals surface area (Å²) in [5.41, 5.74) is 5.04. The van der Waals surface area contributed by atoms with E-state index in [-0.39, 0.29) is 36.1 Å². The smallest absolute Gasteiger partial charge is 0.305 e. The summed E-state index contributed by atoms with van der Waals surface area (Å²) in [5.74, 6) is 0.236. The topological polar surface area (TPSA) is 147 Å². The highest BCUT2D eigenvalue weighted by Gasteiger charge is 2.19. The fourth-order valence-electron chi connectivity index (χ4n) is 3.15. The number of hydrogen-bond acceptors (Lipinski definition) is 9. The number of methoxy groups -OCH3 is 1. The molecule has 1 saturated carbocycles. The Morgan fingerprint density at radius 1 is 1.20 bits per heavy atom. The second kappa shape index (κ2) is 18.4. The summed E-state index contributed by atoms with van der Waals surface area (Å²) in [6.45, 7) is 8.98. The number of esters is 2. The molecule has 2 rings (SSSR count). The highest BCUT2D eigenvalue weighted by molar-refractivity contribution is 5.94. The standard InChI is InChI=1S/C11H20O2.C10H12N2O5.C4H10O/c1-3-11(12)13-9(2)8-10-6-4-5-7-10;1-6(13)16-5-17-9-7(15-2)3-4-12-8(9)10(11)14;1-4(2)3-5/h9-10H,3-8H2,1-2H3;3-4H,5H2,1-2H3,(H2,11,14);4-5H,3H2,1-2H3. The van der Waals surface area contributed by atoms with Gasteiger partial charge >= 0.3 is 11.9 Å². The Labute approximate surface area is 208 Å². The average Bonchev–Trinajstić information content (AvgIpc) is 3.32. The number of ether oxygens (including phenoxy) is 4. The van der Waals surface area contributed by atoms with Crippen molar-refractivity contribution in [3.05, 3.63) is 18.0 Å². The molecule has 0 aliphatic heterocycles. The molecular weight excluding hydrogens is 456 g/mol. The molecule has 1 unspecified atom stereocenters. The van der Waals surface area contributed by atoms with Gasteiger partial charge < -0.3 is 29.8 Å². The van der Waals surface area contributed by atoms with Gasteiger partial charge in [-0.2, -0.15) is 0 Å². The summed E-state index contributed by atoms with van der Waals surface area (Å²) >= 11 is 0. The van der Waals surface area contributed by atoms with Gasteiger partial charge in [0.1, 0.15) is 0 Å². The van der Waals surface area contributed by atoms with Gasteiger partial charge in [-0.15, -0.1) is 0 Å². The predicted molar refractivity (Wildman–Crippen MR) is 131 cm³/mol. The maximum Gasteiger partial charge on any atom is 0.305 e. The lowest BCUT2D eigenvalue weighted by Crippen LogP contribution is -2.17. The van der Waals surface area contributed by atoms with Gasteiger partial charge in [0.15, 0.2) is 17.2 Å². The fourth-order valence-corrected chi connectivity index (χ4v) is 3.15. The first-order chi connectivity index (χ1) is 16.5. The van der Waals surface area contributed by atoms with E-state index in [1.807, 2.05) is 27.7 Å². The number of hydrogen-bond donors (Lipinski definition) is 2. The van der Waals surface area contributed by atoms with Crippen LogP contribution < -0.4 is 15.2 Å². The van der Waals surface area contributed by atoms with E-state index in [0.29, 0.717) is 18.9 Å². The molecule has 0 saturated heterocycles. The summed E-state index contributed by atoms with van der Waals surface area (Å²) < 4.78 is 19.9. The summed E-state index contributed by atoms with van der Waals surface area (Å²) in [7, 11) is 1.40. The van der Waals surface area contributed by atoms with E-state index in [1.54, 1.807) is 0 Å². The lowest BCUT2D eigenvalue weighted by Gasteiger charge is -2.16. The molecule has 10 nitrogen and oxygen atoms in total. The lowest BCUT2D eigenvalue weighted by atomic mass is 10.0. The van der Waals surface area contributed by atoms with Crippen molar-refractivity contribution in [2.75, 3.05) is 20.5 Å². The number of nitrogens with zero attached hydrogens (tertiary/aromatic N) is 1. The molecular formula is C25H42N2O8. The van der Waals surface area contributed by atoms with Gasteiger partial charge in [0.2, 0.25) is 6.79 Å². The molecule has 0 radical (unpaired) electrons. The molecule has 0 spiro atoms. The van der Waals surface area contributed by atoms with Crippen molar-refractivity contribution >= 4 is 17.8 Å². The van der Waals surface area contributed by atoms with Crippen molar-refractivity contribution in [3.8, 4) is 11.5 Å². The zero-order valence-corrected chi connectivity index (χ0v) is 21.9. The largest absolute Gasteiger partial charge is 0.493 e. The van der Waals surface area contributed by atoms with Crippen LogP contribution >= 0.6 is 0 Å². The van der Waals surface area contributed by atoms with E-state index in [9.17, 15) is 14.4 Å². The van der Waals surface area contributed by atoms with Crippen molar-refractivity contribution in [1.82, 2.24) is 4.98 Å². The van der Waals surface area contributed by atoms with E-state index in [1.165, 1.54) is 52.0 Å². The molecule has 1 aromatic heterocycles. The SMILES string of the molecule is CC(C)CO.CCC(=O)OC(C)CC1CCCC1.COc1ccnc(C(N)=O)c1OCOC(C)=O. The predicted octanol–water partition coefficient (Wildman–Crippen LogP) is 3.63. The van der Waals surface area contributed by atoms with Gasteiger partial charge in [-0.3, -0.25) is 14.4 Å². The minimum atomic E-state index is -0.762. The Kier molecular flexibility index (Phi) is 16.9. The third-order valence-corrected chi connectivity index (χ3v) is 4.91. The van der Waals surface area contributed by atoms with Crippen LogP contribution in [0.1, 0.15) is 83.6 Å². The Hall–Kier alpha value is -2.88. The maximum atomic E-state index is 11.1. The van der Waals surface area contributed by atoms with Crippen molar-refractivity contribution in [2.45, 2.75) is 79.2 Å². The van der Waals surface area contributed by atoms with Crippen LogP contribution in [0.3, 0.4) is 0 Å². The van der Waals surface area contributed by atoms with E-state index in [0.717, 1.165) is 12.3 Å². The first-order valence-electron chi connectivity index (χ1n) is 11.9. The summed E-state index contributed by atoms with van der Waals surface area (Å²) in [6.07, 6.45) is 8.41. The monoisotopic (exact) mass is 498 g/mol. The second-order valence-electron chi connectivity index (χ2n) is 8.57. The molecule has 1 aliphatic rings. The van der Waals surface area contributed by atoms with Crippen LogP contribution in [-0.2, 0) is 19.1 Å². The number of aromatic nitrogens is 1. The van der Waals surface area contributed by atoms with Gasteiger partial charge in [-0.1, -0.05) is 46.5 Å². The molecule has 1 aliphatic carbocycles. The molecule has 3 N–H and O–H groups in total. The maximum absolute atomic E-state index is 11.1. The number of aliphatic hydroxyl groups excluding tert-OH is 1. The number of amides is 1. The van der Waals surface area contributed by atoms with E-state index < -0.39 is 11.9 Å². The Balaban J connectivity index is 0.000000567. The van der Waals surface area contributed by atoms with Gasteiger partial charge in [-0.05, 0) is 25.2 Å². The number of pyridine rings is 1. The van der Waals surface area contributed by atoms with Crippen molar-refractivity contribution in [2.24, 2.45) is 17.6 Å². The molecule has 200 valence electrons. The first-order valence-corrected chi connectivity index (χ1v) is 11.9. The van der Waals surface area contributed by atoms with Crippen molar-refractivity contribution in [1.29, 1.82) is 0 Å². The van der Waals surface area contributed by atoms with Crippen LogP contribution in [-0.4, -0.2) is 54.5 Å². The third-order valence-electron chi connectivity index (χ3n) is 4.91. The highest BCUT2D eigenvalue weighted by atomic mass is 16.7. The number of nitrogens with two attached hydrogens (primary N) is 1. The quantitative estimate of drug-likeness (QED) is 0.364. The summed E-state index contributed by atoms with van der Waals surface area (Å²) in [5, 5.41) is 8.14. The summed E-state index contributed by atoms with van der Waals surface area (Å²) in [4.78, 5) is 36.4. The van der Waals surface area contributed by atoms with Crippen LogP contribution in [0.15, 0.2) is 12.3 Å². The number of rotatable bonds is 10. The van der Waals surface area contributed by atoms with Crippen molar-refractivity contribution < 1.29 is 38.4 Å². The van der Waals surface area contributed by atoms with Crippen LogP contribution in [0, 0.1) is 11.8 Å². The van der Waals surface area contributed by atoms with Gasteiger partial charge in [0, 0.05) is 32.2 Å². The molecule has 1 amide bonds. The molecule has 1 atom stereocenters. The van der Waals surface area contributed by atoms with Gasteiger partial charge in [0.05, 0.1) is 13.2 Å². The fraction of sp³-hybridized carbons (Fsp3) is 0.680. The first kappa shape index (κ1) is 32.1. The van der Waals surface area contributed by atoms with Gasteiger partial charge in [0.25, 0.3) is 5.91 Å². The molecule has 10 heteroatoms. The molecule has 1 aromatic rings. The van der Waals surface area contributed by atoms with Crippen LogP contribution in [0.4, 0.5) is 0 Å². The number of primary amides is 1. The molecule has 0 aromatic carbocycles. The van der Waals surface area contributed by atoms with Crippen molar-refractivity contribution in [3.63, 3.8) is 0 Å². The van der Waals surface area contributed by atoms with Crippen LogP contribution in [0.5, 0.6) is 11.5 Å². The second-order valence-corrected chi connectivity index (χ2v) is 8.57. The number of aliphatic hydroxyl groups is 1. The zero-order valence-electron chi connectivity index (χ0n) is 21.9. The van der Waals surface area contributed by atoms with Gasteiger partial charge in [-0.25, -0.2) is 4.98 Å². The molecule has 1 heterocycles. The van der Waals surface area contributed by atoms with Crippen LogP contribution in [0.25, 0.3) is 0 Å².